The van der Waals surface area contributed by atoms with Crippen LogP contribution in [0.25, 0.3) is 0 Å². The Morgan fingerprint density at radius 3 is 2.39 bits per heavy atom. The van der Waals surface area contributed by atoms with Crippen LogP contribution in [0.15, 0.2) is 4.79 Å². The molecule has 0 radical (unpaired) electrons. The van der Waals surface area contributed by atoms with E-state index in [0.717, 1.165) is 12.1 Å². The molecule has 1 unspecified atom stereocenters. The normalized spacial score (nSPS) is 13.7. The maximum absolute atomic E-state index is 11.9. The number of nitrogens with one attached hydrogen (secondary N) is 1. The van der Waals surface area contributed by atoms with Crippen molar-refractivity contribution in [2.24, 2.45) is 5.41 Å². The van der Waals surface area contributed by atoms with Gasteiger partial charge in [-0.2, -0.15) is 0 Å². The molecule has 0 saturated heterocycles. The zero-order valence-corrected chi connectivity index (χ0v) is 12.3. The van der Waals surface area contributed by atoms with E-state index in [1.807, 2.05) is 13.8 Å². The van der Waals surface area contributed by atoms with Crippen molar-refractivity contribution in [1.82, 2.24) is 9.97 Å². The highest BCUT2D eigenvalue weighted by molar-refractivity contribution is 5.17. The first-order chi connectivity index (χ1) is 8.31. The smallest absolute Gasteiger partial charge is 0.254 e. The van der Waals surface area contributed by atoms with Gasteiger partial charge >= 0.3 is 0 Å². The molecule has 0 aliphatic heterocycles. The molecule has 0 saturated carbocycles. The predicted octanol–water partition coefficient (Wildman–Crippen LogP) is 2.76. The lowest BCUT2D eigenvalue weighted by atomic mass is 9.88. The van der Waals surface area contributed by atoms with Gasteiger partial charge in [-0.25, -0.2) is 4.98 Å². The number of hydrogen-bond donors (Lipinski definition) is 1. The van der Waals surface area contributed by atoms with E-state index in [0.29, 0.717) is 18.0 Å². The summed E-state index contributed by atoms with van der Waals surface area (Å²) < 4.78 is 5.75. The third-order valence-electron chi connectivity index (χ3n) is 2.97. The molecule has 102 valence electrons. The molecule has 0 bridgehead atoms. The van der Waals surface area contributed by atoms with Gasteiger partial charge in [0.25, 0.3) is 5.56 Å². The summed E-state index contributed by atoms with van der Waals surface area (Å²) in [5.74, 6) is 0.636. The van der Waals surface area contributed by atoms with Gasteiger partial charge in [0.15, 0.2) is 0 Å². The van der Waals surface area contributed by atoms with Crippen molar-refractivity contribution in [3.63, 3.8) is 0 Å². The van der Waals surface area contributed by atoms with Crippen LogP contribution in [-0.2, 0) is 11.2 Å². The van der Waals surface area contributed by atoms with Crippen molar-refractivity contribution >= 4 is 0 Å². The molecule has 0 aliphatic carbocycles. The molecule has 0 aromatic carbocycles. The Bertz CT molecular complexity index is 458. The van der Waals surface area contributed by atoms with Gasteiger partial charge in [-0.3, -0.25) is 4.79 Å². The van der Waals surface area contributed by atoms with Crippen LogP contribution in [0.3, 0.4) is 0 Å². The van der Waals surface area contributed by atoms with E-state index in [2.05, 4.69) is 30.7 Å². The Morgan fingerprint density at radius 1 is 1.33 bits per heavy atom. The molecule has 1 rings (SSSR count). The van der Waals surface area contributed by atoms with Crippen molar-refractivity contribution in [2.45, 2.75) is 54.1 Å². The minimum atomic E-state index is -0.193. The van der Waals surface area contributed by atoms with Crippen molar-refractivity contribution in [3.8, 4) is 0 Å². The summed E-state index contributed by atoms with van der Waals surface area (Å²) in [6.45, 7) is 12.6. The molecule has 4 nitrogen and oxygen atoms in total. The van der Waals surface area contributed by atoms with Crippen LogP contribution in [0.2, 0.25) is 0 Å². The summed E-state index contributed by atoms with van der Waals surface area (Å²) in [5, 5.41) is 0. The second-order valence-corrected chi connectivity index (χ2v) is 5.58. The van der Waals surface area contributed by atoms with E-state index < -0.39 is 0 Å². The maximum Gasteiger partial charge on any atom is 0.254 e. The lowest BCUT2D eigenvalue weighted by Crippen LogP contribution is -2.28. The first-order valence-corrected chi connectivity index (χ1v) is 6.52. The van der Waals surface area contributed by atoms with E-state index in [1.165, 1.54) is 0 Å². The first-order valence-electron chi connectivity index (χ1n) is 6.52. The molecular weight excluding hydrogens is 228 g/mol. The summed E-state index contributed by atoms with van der Waals surface area (Å²) in [5.41, 5.74) is 1.38. The Morgan fingerprint density at radius 2 is 1.94 bits per heavy atom. The summed E-state index contributed by atoms with van der Waals surface area (Å²) in [6, 6.07) is 0. The van der Waals surface area contributed by atoms with Gasteiger partial charge in [0.1, 0.15) is 11.9 Å². The van der Waals surface area contributed by atoms with E-state index in [9.17, 15) is 4.79 Å². The maximum atomic E-state index is 11.9. The number of aryl methyl sites for hydroxylation is 1. The zero-order chi connectivity index (χ0) is 13.9. The molecule has 1 atom stereocenters. The highest BCUT2D eigenvalue weighted by Crippen LogP contribution is 2.33. The third kappa shape index (κ3) is 3.19. The van der Waals surface area contributed by atoms with Gasteiger partial charge in [-0.15, -0.1) is 0 Å². The van der Waals surface area contributed by atoms with Crippen LogP contribution in [0.5, 0.6) is 0 Å². The SMILES string of the molecule is CCOC(c1nc(CC)c(C)c(=O)[nH]1)C(C)(C)C. The highest BCUT2D eigenvalue weighted by Gasteiger charge is 2.29. The Labute approximate surface area is 109 Å². The van der Waals surface area contributed by atoms with Crippen LogP contribution in [0.4, 0.5) is 0 Å². The second kappa shape index (κ2) is 5.65. The number of aromatic nitrogens is 2. The lowest BCUT2D eigenvalue weighted by molar-refractivity contribution is -0.0194. The minimum absolute atomic E-state index is 0.0641. The van der Waals surface area contributed by atoms with Crippen LogP contribution in [0, 0.1) is 12.3 Å². The summed E-state index contributed by atoms with van der Waals surface area (Å²) >= 11 is 0. The Balaban J connectivity index is 3.29. The number of aromatic amines is 1. The van der Waals surface area contributed by atoms with E-state index in [-0.39, 0.29) is 17.1 Å². The quantitative estimate of drug-likeness (QED) is 0.896. The van der Waals surface area contributed by atoms with Gasteiger partial charge in [0, 0.05) is 12.2 Å². The number of ether oxygens (including phenoxy) is 1. The van der Waals surface area contributed by atoms with Gasteiger partial charge in [-0.1, -0.05) is 27.7 Å². The van der Waals surface area contributed by atoms with E-state index in [1.54, 1.807) is 6.92 Å². The monoisotopic (exact) mass is 252 g/mol. The third-order valence-corrected chi connectivity index (χ3v) is 2.97. The lowest BCUT2D eigenvalue weighted by Gasteiger charge is -2.29. The van der Waals surface area contributed by atoms with Crippen molar-refractivity contribution < 1.29 is 4.74 Å². The molecule has 0 amide bonds. The van der Waals surface area contributed by atoms with Crippen LogP contribution in [-0.4, -0.2) is 16.6 Å². The number of hydrogen-bond acceptors (Lipinski definition) is 3. The minimum Gasteiger partial charge on any atom is -0.370 e. The molecule has 18 heavy (non-hydrogen) atoms. The number of rotatable bonds is 4. The largest absolute Gasteiger partial charge is 0.370 e. The fourth-order valence-electron chi connectivity index (χ4n) is 1.97. The molecule has 0 fully saturated rings. The number of nitrogens with zero attached hydrogens (tertiary/aromatic N) is 1. The average molecular weight is 252 g/mol. The molecular formula is C14H24N2O2. The highest BCUT2D eigenvalue weighted by atomic mass is 16.5. The van der Waals surface area contributed by atoms with Gasteiger partial charge in [0.05, 0.1) is 5.69 Å². The van der Waals surface area contributed by atoms with Crippen molar-refractivity contribution in [3.05, 3.63) is 27.4 Å². The Kier molecular flexibility index (Phi) is 4.68. The van der Waals surface area contributed by atoms with Crippen molar-refractivity contribution in [2.75, 3.05) is 6.61 Å². The van der Waals surface area contributed by atoms with Crippen LogP contribution < -0.4 is 5.56 Å². The first kappa shape index (κ1) is 14.9. The summed E-state index contributed by atoms with van der Waals surface area (Å²) in [4.78, 5) is 19.3. The Hall–Kier alpha value is -1.16. The molecule has 0 spiro atoms. The molecule has 1 aromatic rings. The van der Waals surface area contributed by atoms with Gasteiger partial charge in [-0.05, 0) is 25.7 Å². The fourth-order valence-corrected chi connectivity index (χ4v) is 1.97. The zero-order valence-electron chi connectivity index (χ0n) is 12.3. The summed E-state index contributed by atoms with van der Waals surface area (Å²) in [6.07, 6.45) is 0.562. The molecule has 1 N–H and O–H groups in total. The molecule has 4 heteroatoms. The van der Waals surface area contributed by atoms with E-state index >= 15 is 0 Å². The molecule has 0 aliphatic rings. The predicted molar refractivity (Wildman–Crippen MR) is 72.8 cm³/mol. The van der Waals surface area contributed by atoms with Crippen LogP contribution in [0.1, 0.15) is 57.8 Å². The van der Waals surface area contributed by atoms with Crippen molar-refractivity contribution in [1.29, 1.82) is 0 Å². The van der Waals surface area contributed by atoms with E-state index in [4.69, 9.17) is 4.74 Å². The fraction of sp³-hybridized carbons (Fsp3) is 0.714. The van der Waals surface area contributed by atoms with Gasteiger partial charge < -0.3 is 9.72 Å². The second-order valence-electron chi connectivity index (χ2n) is 5.58. The standard InChI is InChI=1S/C14H24N2O2/c1-7-10-9(3)13(17)16-12(15-10)11(18-8-2)14(4,5)6/h11H,7-8H2,1-6H3,(H,15,16,17). The summed E-state index contributed by atoms with van der Waals surface area (Å²) in [7, 11) is 0. The molecule has 1 aromatic heterocycles. The average Bonchev–Trinajstić information content (AvgIpc) is 2.28. The van der Waals surface area contributed by atoms with Gasteiger partial charge in [0.2, 0.25) is 0 Å². The topological polar surface area (TPSA) is 55.0 Å². The number of H-pyrrole nitrogens is 1. The van der Waals surface area contributed by atoms with Crippen LogP contribution >= 0.6 is 0 Å². The molecule has 1 heterocycles.